The smallest absolute Gasteiger partial charge is 0.230 e. The SMILES string of the molecule is Cc1ccc(-n2c(SCC(=O)NC(C)(C)C)nnc2-c2ccccn2)c(C)c1. The van der Waals surface area contributed by atoms with Crippen LogP contribution >= 0.6 is 11.8 Å². The van der Waals surface area contributed by atoms with Crippen LogP contribution in [0.3, 0.4) is 0 Å². The lowest BCUT2D eigenvalue weighted by molar-refractivity contribution is -0.119. The van der Waals surface area contributed by atoms with Gasteiger partial charge in [-0.2, -0.15) is 0 Å². The fourth-order valence-electron chi connectivity index (χ4n) is 2.88. The number of aryl methyl sites for hydroxylation is 2. The summed E-state index contributed by atoms with van der Waals surface area (Å²) in [6, 6.07) is 11.9. The highest BCUT2D eigenvalue weighted by atomic mass is 32.2. The highest BCUT2D eigenvalue weighted by Gasteiger charge is 2.20. The molecule has 28 heavy (non-hydrogen) atoms. The van der Waals surface area contributed by atoms with Gasteiger partial charge in [-0.15, -0.1) is 10.2 Å². The molecule has 0 spiro atoms. The molecular formula is C21H25N5OS. The van der Waals surface area contributed by atoms with Crippen LogP contribution in [0.1, 0.15) is 31.9 Å². The lowest BCUT2D eigenvalue weighted by atomic mass is 10.1. The van der Waals surface area contributed by atoms with Crippen molar-refractivity contribution >= 4 is 17.7 Å². The minimum absolute atomic E-state index is 0.0351. The average molecular weight is 396 g/mol. The van der Waals surface area contributed by atoms with E-state index in [1.165, 1.54) is 17.3 Å². The topological polar surface area (TPSA) is 72.7 Å². The predicted octanol–water partition coefficient (Wildman–Crippen LogP) is 3.95. The van der Waals surface area contributed by atoms with E-state index in [0.29, 0.717) is 11.0 Å². The maximum absolute atomic E-state index is 12.3. The van der Waals surface area contributed by atoms with E-state index in [1.807, 2.05) is 43.5 Å². The first-order valence-corrected chi connectivity index (χ1v) is 10.1. The van der Waals surface area contributed by atoms with Crippen LogP contribution in [-0.2, 0) is 4.79 Å². The molecule has 6 nitrogen and oxygen atoms in total. The summed E-state index contributed by atoms with van der Waals surface area (Å²) in [5, 5.41) is 12.4. The molecule has 0 saturated heterocycles. The molecule has 0 aliphatic carbocycles. The number of nitrogens with one attached hydrogen (secondary N) is 1. The van der Waals surface area contributed by atoms with Crippen molar-refractivity contribution in [1.82, 2.24) is 25.1 Å². The molecule has 3 aromatic rings. The Bertz CT molecular complexity index is 976. The van der Waals surface area contributed by atoms with Gasteiger partial charge in [0.05, 0.1) is 11.4 Å². The molecule has 146 valence electrons. The van der Waals surface area contributed by atoms with Crippen molar-refractivity contribution < 1.29 is 4.79 Å². The monoisotopic (exact) mass is 395 g/mol. The van der Waals surface area contributed by atoms with Gasteiger partial charge >= 0.3 is 0 Å². The quantitative estimate of drug-likeness (QED) is 0.662. The maximum Gasteiger partial charge on any atom is 0.230 e. The number of hydrogen-bond donors (Lipinski definition) is 1. The van der Waals surface area contributed by atoms with E-state index in [4.69, 9.17) is 0 Å². The summed E-state index contributed by atoms with van der Waals surface area (Å²) in [7, 11) is 0. The standard InChI is InChI=1S/C21H25N5OS/c1-14-9-10-17(15(2)12-14)26-19(16-8-6-7-11-22-16)24-25-20(26)28-13-18(27)23-21(3,4)5/h6-12H,13H2,1-5H3,(H,23,27). The van der Waals surface area contributed by atoms with Crippen molar-refractivity contribution in [3.63, 3.8) is 0 Å². The molecule has 0 aliphatic rings. The van der Waals surface area contributed by atoms with Gasteiger partial charge in [0.1, 0.15) is 5.69 Å². The minimum Gasteiger partial charge on any atom is -0.351 e. The van der Waals surface area contributed by atoms with Crippen molar-refractivity contribution in [3.05, 3.63) is 53.7 Å². The number of pyridine rings is 1. The third-order valence-electron chi connectivity index (χ3n) is 3.97. The third kappa shape index (κ3) is 4.78. The molecule has 0 aliphatic heterocycles. The van der Waals surface area contributed by atoms with E-state index >= 15 is 0 Å². The van der Waals surface area contributed by atoms with E-state index in [9.17, 15) is 4.79 Å². The summed E-state index contributed by atoms with van der Waals surface area (Å²) in [5.41, 5.74) is 3.75. The van der Waals surface area contributed by atoms with Crippen LogP contribution in [0, 0.1) is 13.8 Å². The summed E-state index contributed by atoms with van der Waals surface area (Å²) in [6.07, 6.45) is 1.74. The Balaban J connectivity index is 1.99. The number of aromatic nitrogens is 4. The Morgan fingerprint density at radius 2 is 1.93 bits per heavy atom. The first-order valence-electron chi connectivity index (χ1n) is 9.13. The molecule has 7 heteroatoms. The number of hydrogen-bond acceptors (Lipinski definition) is 5. The molecule has 0 radical (unpaired) electrons. The summed E-state index contributed by atoms with van der Waals surface area (Å²) in [4.78, 5) is 16.7. The molecule has 1 N–H and O–H groups in total. The Labute approximate surface area is 169 Å². The number of carbonyl (C=O) groups is 1. The van der Waals surface area contributed by atoms with E-state index in [1.54, 1.807) is 6.20 Å². The average Bonchev–Trinajstić information content (AvgIpc) is 3.03. The largest absolute Gasteiger partial charge is 0.351 e. The number of carbonyl (C=O) groups excluding carboxylic acids is 1. The van der Waals surface area contributed by atoms with E-state index in [0.717, 1.165) is 16.9 Å². The minimum atomic E-state index is -0.266. The lowest BCUT2D eigenvalue weighted by Gasteiger charge is -2.20. The third-order valence-corrected chi connectivity index (χ3v) is 4.90. The van der Waals surface area contributed by atoms with Crippen LogP contribution in [0.2, 0.25) is 0 Å². The number of benzene rings is 1. The highest BCUT2D eigenvalue weighted by molar-refractivity contribution is 7.99. The van der Waals surface area contributed by atoms with Gasteiger partial charge in [0.2, 0.25) is 5.91 Å². The number of thioether (sulfide) groups is 1. The number of nitrogens with zero attached hydrogens (tertiary/aromatic N) is 4. The van der Waals surface area contributed by atoms with Crippen molar-refractivity contribution in [2.24, 2.45) is 0 Å². The van der Waals surface area contributed by atoms with Gasteiger partial charge in [-0.25, -0.2) is 0 Å². The van der Waals surface area contributed by atoms with Crippen molar-refractivity contribution in [2.45, 2.75) is 45.3 Å². The molecule has 2 aromatic heterocycles. The lowest BCUT2D eigenvalue weighted by Crippen LogP contribution is -2.41. The molecule has 0 saturated carbocycles. The van der Waals surface area contributed by atoms with Gasteiger partial charge < -0.3 is 5.32 Å². The fourth-order valence-corrected chi connectivity index (χ4v) is 3.63. The van der Waals surface area contributed by atoms with Crippen molar-refractivity contribution in [1.29, 1.82) is 0 Å². The van der Waals surface area contributed by atoms with E-state index in [-0.39, 0.29) is 17.2 Å². The second kappa shape index (κ2) is 8.14. The first kappa shape index (κ1) is 20.1. The van der Waals surface area contributed by atoms with Crippen molar-refractivity contribution in [2.75, 3.05) is 5.75 Å². The molecular weight excluding hydrogens is 370 g/mol. The van der Waals surface area contributed by atoms with Crippen LogP contribution < -0.4 is 5.32 Å². The summed E-state index contributed by atoms with van der Waals surface area (Å²) < 4.78 is 1.98. The molecule has 0 unspecified atom stereocenters. The van der Waals surface area contributed by atoms with Crippen LogP contribution in [-0.4, -0.2) is 36.9 Å². The van der Waals surface area contributed by atoms with Gasteiger partial charge in [-0.05, 0) is 58.4 Å². The summed E-state index contributed by atoms with van der Waals surface area (Å²) in [6.45, 7) is 10.0. The van der Waals surface area contributed by atoms with Crippen LogP contribution in [0.5, 0.6) is 0 Å². The number of rotatable bonds is 5. The van der Waals surface area contributed by atoms with Gasteiger partial charge in [0.15, 0.2) is 11.0 Å². The molecule has 1 amide bonds. The normalized spacial score (nSPS) is 11.5. The van der Waals surface area contributed by atoms with Crippen molar-refractivity contribution in [3.8, 4) is 17.2 Å². The zero-order chi connectivity index (χ0) is 20.3. The van der Waals surface area contributed by atoms with E-state index in [2.05, 4.69) is 52.5 Å². The fraction of sp³-hybridized carbons (Fsp3) is 0.333. The maximum atomic E-state index is 12.3. The highest BCUT2D eigenvalue weighted by Crippen LogP contribution is 2.29. The van der Waals surface area contributed by atoms with Crippen LogP contribution in [0.4, 0.5) is 0 Å². The van der Waals surface area contributed by atoms with Crippen LogP contribution in [0.25, 0.3) is 17.2 Å². The molecule has 0 bridgehead atoms. The predicted molar refractivity (Wildman–Crippen MR) is 113 cm³/mol. The molecule has 1 aromatic carbocycles. The second-order valence-electron chi connectivity index (χ2n) is 7.73. The number of amides is 1. The van der Waals surface area contributed by atoms with Gasteiger partial charge in [-0.1, -0.05) is 35.5 Å². The van der Waals surface area contributed by atoms with E-state index < -0.39 is 0 Å². The summed E-state index contributed by atoms with van der Waals surface area (Å²) in [5.74, 6) is 0.890. The molecule has 0 atom stereocenters. The van der Waals surface area contributed by atoms with Gasteiger partial charge in [0.25, 0.3) is 0 Å². The summed E-state index contributed by atoms with van der Waals surface area (Å²) >= 11 is 1.37. The Morgan fingerprint density at radius 3 is 2.57 bits per heavy atom. The van der Waals surface area contributed by atoms with Crippen LogP contribution in [0.15, 0.2) is 47.8 Å². The zero-order valence-electron chi connectivity index (χ0n) is 16.9. The Kier molecular flexibility index (Phi) is 5.84. The van der Waals surface area contributed by atoms with Gasteiger partial charge in [0, 0.05) is 11.7 Å². The first-order chi connectivity index (χ1) is 13.2. The Hall–Kier alpha value is -2.67. The molecule has 0 fully saturated rings. The second-order valence-corrected chi connectivity index (χ2v) is 8.68. The Morgan fingerprint density at radius 1 is 1.14 bits per heavy atom. The van der Waals surface area contributed by atoms with Gasteiger partial charge in [-0.3, -0.25) is 14.3 Å². The zero-order valence-corrected chi connectivity index (χ0v) is 17.7. The molecule has 2 heterocycles. The molecule has 3 rings (SSSR count).